The van der Waals surface area contributed by atoms with Gasteiger partial charge in [0.25, 0.3) is 0 Å². The molecule has 8 heteroatoms. The smallest absolute Gasteiger partial charge is 0.216 e. The second kappa shape index (κ2) is 6.25. The molecule has 0 aliphatic heterocycles. The van der Waals surface area contributed by atoms with E-state index >= 15 is 0 Å². The summed E-state index contributed by atoms with van der Waals surface area (Å²) in [5.74, 6) is 0. The van der Waals surface area contributed by atoms with Crippen molar-refractivity contribution in [2.45, 2.75) is 46.8 Å². The Morgan fingerprint density at radius 3 is 2.04 bits per heavy atom. The van der Waals surface area contributed by atoms with E-state index in [2.05, 4.69) is 0 Å². The summed E-state index contributed by atoms with van der Waals surface area (Å²) in [7, 11) is -7.40. The van der Waals surface area contributed by atoms with E-state index in [1.165, 1.54) is 24.3 Å². The number of thiophene rings is 1. The van der Waals surface area contributed by atoms with E-state index in [9.17, 15) is 16.8 Å². The second-order valence-electron chi connectivity index (χ2n) is 6.60. The van der Waals surface area contributed by atoms with E-state index in [1.54, 1.807) is 6.07 Å². The van der Waals surface area contributed by atoms with Gasteiger partial charge in [-0.3, -0.25) is 0 Å². The molecule has 1 N–H and O–H groups in total. The van der Waals surface area contributed by atoms with Crippen LogP contribution < -0.4 is 0 Å². The Morgan fingerprint density at radius 1 is 1.00 bits per heavy atom. The Labute approximate surface area is 146 Å². The highest BCUT2D eigenvalue weighted by Crippen LogP contribution is 2.33. The number of aliphatic hydroxyl groups excluding tert-OH is 1. The average Bonchev–Trinajstić information content (AvgIpc) is 2.94. The van der Waals surface area contributed by atoms with Crippen molar-refractivity contribution >= 4 is 31.0 Å². The third kappa shape index (κ3) is 3.88. The van der Waals surface area contributed by atoms with Crippen molar-refractivity contribution in [2.75, 3.05) is 6.26 Å². The van der Waals surface area contributed by atoms with Gasteiger partial charge in [-0.25, -0.2) is 16.8 Å². The third-order valence-corrected chi connectivity index (χ3v) is 7.93. The van der Waals surface area contributed by atoms with Gasteiger partial charge in [-0.1, -0.05) is 20.8 Å². The summed E-state index contributed by atoms with van der Waals surface area (Å²) >= 11 is 0.974. The molecule has 0 spiro atoms. The molecule has 2 aromatic rings. The number of rotatable bonds is 4. The zero-order chi connectivity index (χ0) is 18.3. The summed E-state index contributed by atoms with van der Waals surface area (Å²) < 4.78 is 49.7. The van der Waals surface area contributed by atoms with Gasteiger partial charge in [-0.2, -0.15) is 0 Å². The van der Waals surface area contributed by atoms with Gasteiger partial charge in [0.05, 0.1) is 16.4 Å². The van der Waals surface area contributed by atoms with Crippen LogP contribution in [0, 0.1) is 0 Å². The minimum Gasteiger partial charge on any atom is -0.391 e. The SMILES string of the molecule is CC(C)(C)c1cc(S(C)(=O)=O)cc(S(=O)(=O)c2ccc(CO)s2)c1. The second-order valence-corrected chi connectivity index (χ2v) is 12.0. The van der Waals surface area contributed by atoms with Crippen LogP contribution in [0.25, 0.3) is 0 Å². The summed E-state index contributed by atoms with van der Waals surface area (Å²) in [5.41, 5.74) is 0.222. The normalized spacial score (nSPS) is 13.2. The van der Waals surface area contributed by atoms with E-state index in [1.807, 2.05) is 20.8 Å². The molecule has 1 aromatic heterocycles. The van der Waals surface area contributed by atoms with E-state index in [-0.39, 0.29) is 20.6 Å². The molecule has 132 valence electrons. The molecule has 0 amide bonds. The van der Waals surface area contributed by atoms with Crippen LogP contribution in [0.4, 0.5) is 0 Å². The zero-order valence-electron chi connectivity index (χ0n) is 13.9. The van der Waals surface area contributed by atoms with Crippen LogP contribution in [0.5, 0.6) is 0 Å². The molecule has 1 heterocycles. The average molecular weight is 389 g/mol. The van der Waals surface area contributed by atoms with Crippen LogP contribution in [-0.2, 0) is 31.7 Å². The summed E-state index contributed by atoms with van der Waals surface area (Å²) in [6.07, 6.45) is 1.06. The molecule has 24 heavy (non-hydrogen) atoms. The Bertz CT molecular complexity index is 961. The molecule has 0 radical (unpaired) electrons. The molecule has 0 unspecified atom stereocenters. The first-order chi connectivity index (χ1) is 10.9. The van der Waals surface area contributed by atoms with Crippen molar-refractivity contribution in [2.24, 2.45) is 0 Å². The van der Waals surface area contributed by atoms with Crippen molar-refractivity contribution in [3.63, 3.8) is 0 Å². The molecule has 0 saturated carbocycles. The third-order valence-electron chi connectivity index (χ3n) is 3.54. The van der Waals surface area contributed by atoms with Crippen molar-refractivity contribution in [3.05, 3.63) is 40.8 Å². The molecular formula is C16H20O5S3. The van der Waals surface area contributed by atoms with Crippen molar-refractivity contribution in [3.8, 4) is 0 Å². The van der Waals surface area contributed by atoms with Crippen LogP contribution in [0.2, 0.25) is 0 Å². The maximum Gasteiger partial charge on any atom is 0.216 e. The van der Waals surface area contributed by atoms with Crippen LogP contribution in [0.1, 0.15) is 31.2 Å². The number of hydrogen-bond acceptors (Lipinski definition) is 6. The molecule has 5 nitrogen and oxygen atoms in total. The topological polar surface area (TPSA) is 88.5 Å². The van der Waals surface area contributed by atoms with Crippen molar-refractivity contribution in [1.29, 1.82) is 0 Å². The largest absolute Gasteiger partial charge is 0.391 e. The van der Waals surface area contributed by atoms with Crippen LogP contribution in [0.3, 0.4) is 0 Å². The number of sulfone groups is 2. The first kappa shape index (κ1) is 19.1. The van der Waals surface area contributed by atoms with Gasteiger partial charge in [0, 0.05) is 11.1 Å². The maximum atomic E-state index is 12.9. The van der Waals surface area contributed by atoms with Gasteiger partial charge in [0.2, 0.25) is 9.84 Å². The van der Waals surface area contributed by atoms with E-state index < -0.39 is 25.1 Å². The molecule has 2 rings (SSSR count). The summed E-state index contributed by atoms with van der Waals surface area (Å²) in [6.45, 7) is 5.43. The van der Waals surface area contributed by atoms with Gasteiger partial charge in [0.1, 0.15) is 4.21 Å². The number of aliphatic hydroxyl groups is 1. The van der Waals surface area contributed by atoms with Gasteiger partial charge < -0.3 is 5.11 Å². The summed E-state index contributed by atoms with van der Waals surface area (Å²) in [6, 6.07) is 7.20. The lowest BCUT2D eigenvalue weighted by molar-refractivity contribution is 0.285. The van der Waals surface area contributed by atoms with Gasteiger partial charge >= 0.3 is 0 Å². The highest BCUT2D eigenvalue weighted by Gasteiger charge is 2.25. The lowest BCUT2D eigenvalue weighted by Crippen LogP contribution is -2.14. The quantitative estimate of drug-likeness (QED) is 0.870. The lowest BCUT2D eigenvalue weighted by atomic mass is 9.87. The molecular weight excluding hydrogens is 368 g/mol. The van der Waals surface area contributed by atoms with E-state index in [0.29, 0.717) is 10.4 Å². The molecule has 0 atom stereocenters. The summed E-state index contributed by atoms with van der Waals surface area (Å²) in [4.78, 5) is 0.456. The Morgan fingerprint density at radius 2 is 1.58 bits per heavy atom. The zero-order valence-corrected chi connectivity index (χ0v) is 16.3. The lowest BCUT2D eigenvalue weighted by Gasteiger charge is -2.21. The monoisotopic (exact) mass is 388 g/mol. The van der Waals surface area contributed by atoms with Crippen LogP contribution in [0.15, 0.2) is 44.3 Å². The van der Waals surface area contributed by atoms with E-state index in [4.69, 9.17) is 5.11 Å². The number of hydrogen-bond donors (Lipinski definition) is 1. The molecule has 0 aliphatic rings. The highest BCUT2D eigenvalue weighted by molar-refractivity contribution is 7.93. The number of benzene rings is 1. The van der Waals surface area contributed by atoms with E-state index in [0.717, 1.165) is 17.6 Å². The van der Waals surface area contributed by atoms with Crippen molar-refractivity contribution in [1.82, 2.24) is 0 Å². The Balaban J connectivity index is 2.73. The van der Waals surface area contributed by atoms with Crippen LogP contribution in [-0.4, -0.2) is 28.2 Å². The van der Waals surface area contributed by atoms with Gasteiger partial charge in [-0.05, 0) is 41.3 Å². The fraction of sp³-hybridized carbons (Fsp3) is 0.375. The molecule has 0 fully saturated rings. The first-order valence-corrected chi connectivity index (χ1v) is 11.3. The minimum absolute atomic E-state index is 0.0209. The Kier molecular flexibility index (Phi) is 4.98. The highest BCUT2D eigenvalue weighted by atomic mass is 32.2. The molecule has 0 saturated heterocycles. The summed E-state index contributed by atoms with van der Waals surface area (Å²) in [5, 5.41) is 9.13. The standard InChI is InChI=1S/C16H20O5S3/c1-16(2,3)11-7-13(23(4,18)19)9-14(8-11)24(20,21)15-6-5-12(10-17)22-15/h5-9,17H,10H2,1-4H3. The van der Waals surface area contributed by atoms with Gasteiger partial charge in [-0.15, -0.1) is 11.3 Å². The first-order valence-electron chi connectivity index (χ1n) is 7.16. The predicted molar refractivity (Wildman–Crippen MR) is 93.9 cm³/mol. The Hall–Kier alpha value is -1.22. The van der Waals surface area contributed by atoms with Crippen LogP contribution >= 0.6 is 11.3 Å². The molecule has 1 aromatic carbocycles. The fourth-order valence-electron chi connectivity index (χ4n) is 2.08. The van der Waals surface area contributed by atoms with Crippen molar-refractivity contribution < 1.29 is 21.9 Å². The molecule has 0 bridgehead atoms. The van der Waals surface area contributed by atoms with Gasteiger partial charge in [0.15, 0.2) is 9.84 Å². The minimum atomic E-state index is -3.85. The predicted octanol–water partition coefficient (Wildman–Crippen LogP) is 2.77. The fourth-order valence-corrected chi connectivity index (χ4v) is 5.52. The molecule has 0 aliphatic carbocycles. The maximum absolute atomic E-state index is 12.9.